The van der Waals surface area contributed by atoms with E-state index in [-0.39, 0.29) is 12.4 Å². The molecule has 9 heteroatoms. The molecule has 19 heavy (non-hydrogen) atoms. The second-order valence-electron chi connectivity index (χ2n) is 3.75. The van der Waals surface area contributed by atoms with Crippen LogP contribution in [-0.4, -0.2) is 34.0 Å². The number of hydrogen-bond acceptors (Lipinski definition) is 5. The highest BCUT2D eigenvalue weighted by Gasteiger charge is 2.22. The van der Waals surface area contributed by atoms with Crippen LogP contribution in [0, 0.1) is 6.92 Å². The van der Waals surface area contributed by atoms with Gasteiger partial charge in [-0.15, -0.1) is 0 Å². The Morgan fingerprint density at radius 3 is 2.68 bits per heavy atom. The Morgan fingerprint density at radius 1 is 1.53 bits per heavy atom. The maximum atomic E-state index is 11.4. The number of aromatic nitrogens is 1. The van der Waals surface area contributed by atoms with Crippen LogP contribution in [0.5, 0.6) is 0 Å². The van der Waals surface area contributed by atoms with Gasteiger partial charge in [0.25, 0.3) is 0 Å². The van der Waals surface area contributed by atoms with Crippen LogP contribution in [0.3, 0.4) is 0 Å². The van der Waals surface area contributed by atoms with Crippen molar-refractivity contribution in [2.75, 3.05) is 0 Å². The first-order valence-corrected chi connectivity index (χ1v) is 5.35. The smallest absolute Gasteiger partial charge is 0.326 e. The maximum absolute atomic E-state index is 11.4. The lowest BCUT2D eigenvalue weighted by atomic mass is 10.2. The number of primary amides is 1. The van der Waals surface area contributed by atoms with E-state index in [0.717, 1.165) is 0 Å². The molecule has 0 radical (unpaired) electrons. The van der Waals surface area contributed by atoms with Gasteiger partial charge in [-0.3, -0.25) is 4.79 Å². The molecule has 0 aromatic carbocycles. The molecule has 0 saturated heterocycles. The first-order valence-electron chi connectivity index (χ1n) is 5.35. The number of nitrogens with one attached hydrogen (secondary N) is 2. The van der Waals surface area contributed by atoms with Gasteiger partial charge >= 0.3 is 12.0 Å². The van der Waals surface area contributed by atoms with Gasteiger partial charge in [0.05, 0.1) is 19.2 Å². The van der Waals surface area contributed by atoms with Crippen molar-refractivity contribution >= 4 is 17.9 Å². The Labute approximate surface area is 108 Å². The van der Waals surface area contributed by atoms with Crippen LogP contribution in [0.25, 0.3) is 0 Å². The number of carbonyl (C=O) groups excluding carboxylic acids is 2. The standard InChI is InChI=1S/C10H14N4O5/c1-5-3-12-8(19-5)4-13-10(18)14-6(9(16)17)2-7(11)15/h3,6H,2,4H2,1H3,(H2,11,15)(H,16,17)(H2,13,14,18). The Balaban J connectivity index is 2.44. The minimum Gasteiger partial charge on any atom is -0.480 e. The number of aryl methyl sites for hydroxylation is 1. The number of aliphatic carboxylic acids is 1. The van der Waals surface area contributed by atoms with Crippen LogP contribution in [0.15, 0.2) is 10.6 Å². The fraction of sp³-hybridized carbons (Fsp3) is 0.400. The lowest BCUT2D eigenvalue weighted by Gasteiger charge is -2.12. The van der Waals surface area contributed by atoms with Gasteiger partial charge in [0.1, 0.15) is 11.8 Å². The van der Waals surface area contributed by atoms with Crippen LogP contribution in [0.2, 0.25) is 0 Å². The fourth-order valence-electron chi connectivity index (χ4n) is 1.25. The number of carboxylic acids is 1. The van der Waals surface area contributed by atoms with Crippen molar-refractivity contribution < 1.29 is 23.9 Å². The number of carbonyl (C=O) groups is 3. The van der Waals surface area contributed by atoms with Crippen molar-refractivity contribution in [1.82, 2.24) is 15.6 Å². The highest BCUT2D eigenvalue weighted by molar-refractivity contribution is 5.87. The van der Waals surface area contributed by atoms with Gasteiger partial charge in [0.15, 0.2) is 0 Å². The summed E-state index contributed by atoms with van der Waals surface area (Å²) in [5, 5.41) is 13.2. The number of urea groups is 1. The number of rotatable bonds is 6. The quantitative estimate of drug-likeness (QED) is 0.527. The Hall–Kier alpha value is -2.58. The summed E-state index contributed by atoms with van der Waals surface area (Å²) >= 11 is 0. The summed E-state index contributed by atoms with van der Waals surface area (Å²) in [6.07, 6.45) is 1.00. The molecule has 1 rings (SSSR count). The van der Waals surface area contributed by atoms with Crippen molar-refractivity contribution in [2.45, 2.75) is 25.9 Å². The first kappa shape index (κ1) is 14.5. The molecule has 5 N–H and O–H groups in total. The largest absolute Gasteiger partial charge is 0.480 e. The lowest BCUT2D eigenvalue weighted by Crippen LogP contribution is -2.47. The number of carboxylic acid groups (broad SMARTS) is 1. The normalized spacial score (nSPS) is 11.6. The summed E-state index contributed by atoms with van der Waals surface area (Å²) < 4.78 is 5.11. The van der Waals surface area contributed by atoms with E-state index in [4.69, 9.17) is 15.3 Å². The molecule has 0 spiro atoms. The summed E-state index contributed by atoms with van der Waals surface area (Å²) in [6.45, 7) is 1.70. The van der Waals surface area contributed by atoms with Gasteiger partial charge < -0.3 is 25.9 Å². The molecule has 0 bridgehead atoms. The van der Waals surface area contributed by atoms with Crippen molar-refractivity contribution in [1.29, 1.82) is 0 Å². The van der Waals surface area contributed by atoms with Gasteiger partial charge in [-0.1, -0.05) is 0 Å². The van der Waals surface area contributed by atoms with E-state index in [0.29, 0.717) is 5.76 Å². The van der Waals surface area contributed by atoms with E-state index in [9.17, 15) is 14.4 Å². The minimum absolute atomic E-state index is 0.00256. The van der Waals surface area contributed by atoms with Crippen LogP contribution < -0.4 is 16.4 Å². The third-order valence-electron chi connectivity index (χ3n) is 2.08. The topological polar surface area (TPSA) is 148 Å². The van der Waals surface area contributed by atoms with Gasteiger partial charge in [-0.25, -0.2) is 14.6 Å². The number of nitrogens with two attached hydrogens (primary N) is 1. The molecule has 1 aromatic rings. The molecular formula is C10H14N4O5. The highest BCUT2D eigenvalue weighted by Crippen LogP contribution is 2.00. The Bertz CT molecular complexity index is 484. The molecule has 1 atom stereocenters. The molecule has 0 saturated carbocycles. The van der Waals surface area contributed by atoms with Crippen LogP contribution in [0.4, 0.5) is 4.79 Å². The van der Waals surface area contributed by atoms with E-state index < -0.39 is 30.4 Å². The van der Waals surface area contributed by atoms with Gasteiger partial charge in [-0.2, -0.15) is 0 Å². The molecule has 3 amide bonds. The first-order chi connectivity index (χ1) is 8.88. The zero-order valence-corrected chi connectivity index (χ0v) is 10.2. The van der Waals surface area contributed by atoms with Gasteiger partial charge in [0.2, 0.25) is 11.8 Å². The summed E-state index contributed by atoms with van der Waals surface area (Å²) in [7, 11) is 0. The maximum Gasteiger partial charge on any atom is 0.326 e. The molecular weight excluding hydrogens is 256 g/mol. The molecule has 0 aliphatic carbocycles. The molecule has 1 unspecified atom stereocenters. The second kappa shape index (κ2) is 6.38. The van der Waals surface area contributed by atoms with Crippen LogP contribution in [0.1, 0.15) is 18.1 Å². The number of oxazole rings is 1. The number of nitrogens with zero attached hydrogens (tertiary/aromatic N) is 1. The number of amides is 3. The van der Waals surface area contributed by atoms with Crippen molar-refractivity contribution in [2.24, 2.45) is 5.73 Å². The second-order valence-corrected chi connectivity index (χ2v) is 3.75. The minimum atomic E-state index is -1.37. The predicted molar refractivity (Wildman–Crippen MR) is 61.8 cm³/mol. The van der Waals surface area contributed by atoms with Gasteiger partial charge in [-0.05, 0) is 6.92 Å². The lowest BCUT2D eigenvalue weighted by molar-refractivity contribution is -0.140. The monoisotopic (exact) mass is 270 g/mol. The van der Waals surface area contributed by atoms with E-state index >= 15 is 0 Å². The van der Waals surface area contributed by atoms with E-state index in [2.05, 4.69) is 15.6 Å². The summed E-state index contributed by atoms with van der Waals surface area (Å²) in [6, 6.07) is -2.13. The van der Waals surface area contributed by atoms with E-state index in [1.165, 1.54) is 6.20 Å². The third kappa shape index (κ3) is 5.06. The molecule has 1 heterocycles. The summed E-state index contributed by atoms with van der Waals surface area (Å²) in [5.41, 5.74) is 4.88. The van der Waals surface area contributed by atoms with Gasteiger partial charge in [0, 0.05) is 0 Å². The molecule has 0 aliphatic heterocycles. The molecule has 0 fully saturated rings. The average Bonchev–Trinajstić information content (AvgIpc) is 2.71. The van der Waals surface area contributed by atoms with Crippen molar-refractivity contribution in [3.8, 4) is 0 Å². The summed E-state index contributed by atoms with van der Waals surface area (Å²) in [4.78, 5) is 36.7. The third-order valence-corrected chi connectivity index (χ3v) is 2.08. The number of hydrogen-bond donors (Lipinski definition) is 4. The average molecular weight is 270 g/mol. The zero-order chi connectivity index (χ0) is 14.4. The highest BCUT2D eigenvalue weighted by atomic mass is 16.4. The molecule has 0 aliphatic rings. The van der Waals surface area contributed by atoms with Crippen LogP contribution >= 0.6 is 0 Å². The zero-order valence-electron chi connectivity index (χ0n) is 10.2. The molecule has 104 valence electrons. The SMILES string of the molecule is Cc1cnc(CNC(=O)NC(CC(N)=O)C(=O)O)o1. The van der Waals surface area contributed by atoms with E-state index in [1.54, 1.807) is 6.92 Å². The molecule has 9 nitrogen and oxygen atoms in total. The Kier molecular flexibility index (Phi) is 4.86. The summed E-state index contributed by atoms with van der Waals surface area (Å²) in [5.74, 6) is -1.29. The molecule has 1 aromatic heterocycles. The fourth-order valence-corrected chi connectivity index (χ4v) is 1.25. The van der Waals surface area contributed by atoms with Crippen molar-refractivity contribution in [3.63, 3.8) is 0 Å². The predicted octanol–water partition coefficient (Wildman–Crippen LogP) is -0.889. The van der Waals surface area contributed by atoms with E-state index in [1.807, 2.05) is 0 Å². The van der Waals surface area contributed by atoms with Crippen molar-refractivity contribution in [3.05, 3.63) is 17.8 Å². The Morgan fingerprint density at radius 2 is 2.21 bits per heavy atom. The van der Waals surface area contributed by atoms with Crippen LogP contribution in [-0.2, 0) is 16.1 Å².